The van der Waals surface area contributed by atoms with Crippen LogP contribution in [-0.4, -0.2) is 21.1 Å². The minimum absolute atomic E-state index is 0. The number of ether oxygens (including phenoxy) is 3. The first kappa shape index (κ1) is 30.7. The number of hydrogen-bond acceptors (Lipinski definition) is 3. The Morgan fingerprint density at radius 2 is 1.59 bits per heavy atom. The van der Waals surface area contributed by atoms with Crippen LogP contribution in [0.2, 0.25) is 0 Å². The molecule has 2 aliphatic rings. The van der Waals surface area contributed by atoms with Gasteiger partial charge in [-0.25, -0.2) is 5.46 Å². The van der Waals surface area contributed by atoms with Gasteiger partial charge in [0, 0.05) is 82.9 Å². The molecule has 2 aromatic carbocycles. The Balaban J connectivity index is 0.00000204. The van der Waals surface area contributed by atoms with Gasteiger partial charge in [-0.1, -0.05) is 33.6 Å². The molecule has 2 aromatic rings. The van der Waals surface area contributed by atoms with Crippen molar-refractivity contribution in [2.24, 2.45) is 17.8 Å². The van der Waals surface area contributed by atoms with Crippen LogP contribution in [0.5, 0.6) is 5.75 Å². The van der Waals surface area contributed by atoms with Crippen LogP contribution >= 0.6 is 0 Å². The van der Waals surface area contributed by atoms with E-state index >= 15 is 0 Å². The van der Waals surface area contributed by atoms with Crippen molar-refractivity contribution in [3.8, 4) is 5.75 Å². The molecule has 1 saturated heterocycles. The summed E-state index contributed by atoms with van der Waals surface area (Å²) in [6.07, 6.45) is 0.892. The molecule has 2 fully saturated rings. The van der Waals surface area contributed by atoms with Gasteiger partial charge in [0.15, 0.2) is 0 Å². The van der Waals surface area contributed by atoms with E-state index in [-0.39, 0.29) is 82.5 Å². The van der Waals surface area contributed by atoms with E-state index in [0.717, 1.165) is 5.92 Å². The van der Waals surface area contributed by atoms with Crippen LogP contribution in [0, 0.1) is 115 Å². The van der Waals surface area contributed by atoms with E-state index < -0.39 is 12.4 Å². The molecule has 34 heavy (non-hydrogen) atoms. The summed E-state index contributed by atoms with van der Waals surface area (Å²) in [4.78, 5) is 0. The van der Waals surface area contributed by atoms with Crippen molar-refractivity contribution in [3.05, 3.63) is 58.7 Å². The van der Waals surface area contributed by atoms with Crippen molar-refractivity contribution in [3.63, 3.8) is 0 Å². The molecule has 1 heterocycles. The maximum absolute atomic E-state index is 14.8. The molecule has 176 valence electrons. The van der Waals surface area contributed by atoms with Crippen LogP contribution in [0.1, 0.15) is 61.2 Å². The molecule has 0 aromatic heterocycles. The van der Waals surface area contributed by atoms with Crippen LogP contribution in [0.3, 0.4) is 0 Å². The van der Waals surface area contributed by atoms with Crippen LogP contribution in [0.25, 0.3) is 0 Å². The van der Waals surface area contributed by atoms with E-state index in [1.807, 2.05) is 0 Å². The van der Waals surface area contributed by atoms with Crippen molar-refractivity contribution in [2.45, 2.75) is 58.9 Å². The zero-order valence-electron chi connectivity index (χ0n) is 20.1. The van der Waals surface area contributed by atoms with Crippen LogP contribution in [0.15, 0.2) is 24.3 Å². The summed E-state index contributed by atoms with van der Waals surface area (Å²) in [5.41, 5.74) is 1.76. The molecule has 0 amide bonds. The maximum Gasteiger partial charge on any atom is 0.393 e. The van der Waals surface area contributed by atoms with Crippen molar-refractivity contribution in [1.82, 2.24) is 0 Å². The maximum atomic E-state index is 14.8. The Labute approximate surface area is 259 Å². The number of alkyl halides is 2. The Morgan fingerprint density at radius 1 is 0.941 bits per heavy atom. The number of aryl methyl sites for hydroxylation is 2. The summed E-state index contributed by atoms with van der Waals surface area (Å²) in [7, 11) is 5.70. The first-order valence-corrected chi connectivity index (χ1v) is 11.3. The normalized spacial score (nSPS) is 25.1. The summed E-state index contributed by atoms with van der Waals surface area (Å²) in [6.45, 7) is 6.91. The summed E-state index contributed by atoms with van der Waals surface area (Å²) in [5.74, 6) is 1.86. The van der Waals surface area contributed by atoms with Gasteiger partial charge in [0.25, 0.3) is 0 Å². The molecule has 3 nitrogen and oxygen atoms in total. The average molecular weight is 716 g/mol. The third-order valence-electron chi connectivity index (χ3n) is 6.77. The summed E-state index contributed by atoms with van der Waals surface area (Å²) in [5, 5.41) is 0. The fourth-order valence-corrected chi connectivity index (χ4v) is 4.68. The second kappa shape index (κ2) is 13.3. The fraction of sp³-hybridized carbons (Fsp3) is 0.538. The topological polar surface area (TPSA) is 27.7 Å². The van der Waals surface area contributed by atoms with Crippen molar-refractivity contribution < 1.29 is 94.2 Å². The third-order valence-corrected chi connectivity index (χ3v) is 6.77. The molecule has 0 spiro atoms. The molecule has 0 unspecified atom stereocenters. The predicted octanol–water partition coefficient (Wildman–Crippen LogP) is 5.31. The molecule has 8 heteroatoms. The van der Waals surface area contributed by atoms with Crippen LogP contribution in [-0.2, 0) is 15.6 Å². The van der Waals surface area contributed by atoms with E-state index in [2.05, 4.69) is 19.1 Å². The summed E-state index contributed by atoms with van der Waals surface area (Å²) in [6, 6.07) is 11.4. The number of rotatable bonds is 5. The molecule has 0 N–H and O–H groups in total. The van der Waals surface area contributed by atoms with Gasteiger partial charge in [0.1, 0.15) is 6.29 Å². The average Bonchev–Trinajstić information content (AvgIpc) is 2.76. The van der Waals surface area contributed by atoms with E-state index in [0.29, 0.717) is 47.2 Å². The Morgan fingerprint density at radius 3 is 2.18 bits per heavy atom. The zero-order chi connectivity index (χ0) is 22.9. The molecule has 1 aliphatic carbocycles. The summed E-state index contributed by atoms with van der Waals surface area (Å²) >= 11 is 0. The van der Waals surface area contributed by atoms with Gasteiger partial charge in [-0.05, 0) is 30.2 Å². The van der Waals surface area contributed by atoms with Gasteiger partial charge in [0.05, 0.1) is 21.1 Å². The molecular formula is C26H29BF2La2O3-2. The van der Waals surface area contributed by atoms with E-state index in [1.165, 1.54) is 43.9 Å². The Bertz CT molecular complexity index is 944. The standard InChI is InChI=1S/C26H29BF2O3.2La/c1-16-4-6-19(7-5-16)21-14-30-25(31-15-21)20-8-10-23(17(2)12-20)26(28,29)32-22-9-11-24(27)18(3)13-22;;/h8-9,12-13,16,19,21,25H,4-7,14-15H2,1-3H3;;/q-2;;. The van der Waals surface area contributed by atoms with Gasteiger partial charge >= 0.3 is 6.11 Å². The minimum atomic E-state index is -3.55. The van der Waals surface area contributed by atoms with Crippen LogP contribution in [0.4, 0.5) is 8.78 Å². The van der Waals surface area contributed by atoms with Crippen molar-refractivity contribution in [1.29, 1.82) is 0 Å². The second-order valence-corrected chi connectivity index (χ2v) is 9.32. The first-order chi connectivity index (χ1) is 15.2. The molecule has 1 aliphatic heterocycles. The molecule has 4 radical (unpaired) electrons. The van der Waals surface area contributed by atoms with E-state index in [4.69, 9.17) is 22.1 Å². The Hall–Kier alpha value is 0.475. The van der Waals surface area contributed by atoms with Crippen molar-refractivity contribution in [2.75, 3.05) is 13.2 Å². The van der Waals surface area contributed by atoms with Crippen molar-refractivity contribution >= 4 is 13.3 Å². The van der Waals surface area contributed by atoms with Gasteiger partial charge in [-0.15, -0.1) is 23.3 Å². The monoisotopic (exact) mass is 716 g/mol. The zero-order valence-corrected chi connectivity index (χ0v) is 27.3. The van der Waals surface area contributed by atoms with Gasteiger partial charge in [-0.2, -0.15) is 38.6 Å². The number of hydrogen-bond donors (Lipinski definition) is 0. The largest absolute Gasteiger partial charge is 0.495 e. The van der Waals surface area contributed by atoms with Gasteiger partial charge in [-0.3, -0.25) is 0 Å². The molecule has 0 atom stereocenters. The van der Waals surface area contributed by atoms with Gasteiger partial charge in [0.2, 0.25) is 0 Å². The minimum Gasteiger partial charge on any atom is -0.495 e. The smallest absolute Gasteiger partial charge is 0.393 e. The third kappa shape index (κ3) is 7.50. The summed E-state index contributed by atoms with van der Waals surface area (Å²) < 4.78 is 46.6. The second-order valence-electron chi connectivity index (χ2n) is 9.32. The van der Waals surface area contributed by atoms with Gasteiger partial charge < -0.3 is 14.2 Å². The van der Waals surface area contributed by atoms with E-state index in [9.17, 15) is 8.78 Å². The molecule has 1 saturated carbocycles. The predicted molar refractivity (Wildman–Crippen MR) is 119 cm³/mol. The van der Waals surface area contributed by atoms with E-state index in [1.54, 1.807) is 19.9 Å². The SMILES string of the molecule is [B]c1[c-]cc(OC(F)(F)c2[c-]cc(C3OCC(C4CCC(C)CC4)CO3)cc2C)cc1C.[La].[La]. The Kier molecular flexibility index (Phi) is 12.0. The molecule has 4 rings (SSSR count). The van der Waals surface area contributed by atoms with Crippen LogP contribution < -0.4 is 10.2 Å². The fourth-order valence-electron chi connectivity index (χ4n) is 4.68. The number of halogens is 2. The molecular weight excluding hydrogens is 687 g/mol. The quantitative estimate of drug-likeness (QED) is 0.311. The number of benzene rings is 2. The first-order valence-electron chi connectivity index (χ1n) is 11.3. The molecule has 0 bridgehead atoms.